The lowest BCUT2D eigenvalue weighted by molar-refractivity contribution is 0.475. The van der Waals surface area contributed by atoms with Gasteiger partial charge in [-0.3, -0.25) is 4.68 Å². The summed E-state index contributed by atoms with van der Waals surface area (Å²) in [5.74, 6) is 1.00. The third-order valence-electron chi connectivity index (χ3n) is 2.44. The van der Waals surface area contributed by atoms with Gasteiger partial charge in [0.15, 0.2) is 0 Å². The molecule has 0 aliphatic rings. The first kappa shape index (κ1) is 11.0. The summed E-state index contributed by atoms with van der Waals surface area (Å²) in [6.07, 6.45) is 6.61. The fraction of sp³-hybridized carbons (Fsp3) is 0.417. The molecule has 86 valence electrons. The van der Waals surface area contributed by atoms with Crippen LogP contribution in [0.4, 0.5) is 0 Å². The monoisotopic (exact) mass is 219 g/mol. The van der Waals surface area contributed by atoms with Crippen LogP contribution < -0.4 is 5.32 Å². The number of rotatable bonds is 6. The van der Waals surface area contributed by atoms with E-state index in [4.69, 9.17) is 4.42 Å². The highest BCUT2D eigenvalue weighted by Gasteiger charge is 2.06. The molecule has 2 rings (SSSR count). The minimum atomic E-state index is 0.770. The van der Waals surface area contributed by atoms with Crippen LogP contribution in [-0.4, -0.2) is 16.3 Å². The molecule has 0 saturated carbocycles. The third kappa shape index (κ3) is 2.73. The average molecular weight is 219 g/mol. The van der Waals surface area contributed by atoms with Crippen molar-refractivity contribution in [2.24, 2.45) is 0 Å². The Morgan fingerprint density at radius 3 is 3.19 bits per heavy atom. The van der Waals surface area contributed by atoms with Crippen LogP contribution in [0, 0.1) is 0 Å². The van der Waals surface area contributed by atoms with Crippen LogP contribution in [-0.2, 0) is 13.1 Å². The van der Waals surface area contributed by atoms with Gasteiger partial charge in [-0.1, -0.05) is 6.92 Å². The normalized spacial score (nSPS) is 10.8. The van der Waals surface area contributed by atoms with E-state index in [0.29, 0.717) is 0 Å². The van der Waals surface area contributed by atoms with Gasteiger partial charge in [0, 0.05) is 18.0 Å². The molecular weight excluding hydrogens is 202 g/mol. The van der Waals surface area contributed by atoms with Crippen molar-refractivity contribution in [1.29, 1.82) is 0 Å². The van der Waals surface area contributed by atoms with Gasteiger partial charge in [-0.05, 0) is 25.1 Å². The van der Waals surface area contributed by atoms with Gasteiger partial charge in [-0.25, -0.2) is 0 Å². The minimum absolute atomic E-state index is 0.770. The topological polar surface area (TPSA) is 43.0 Å². The molecule has 0 aromatic carbocycles. The van der Waals surface area contributed by atoms with Gasteiger partial charge in [-0.2, -0.15) is 5.10 Å². The number of aromatic nitrogens is 2. The number of nitrogens with zero attached hydrogens (tertiary/aromatic N) is 2. The Morgan fingerprint density at radius 2 is 2.44 bits per heavy atom. The molecule has 4 heteroatoms. The summed E-state index contributed by atoms with van der Waals surface area (Å²) in [5, 5.41) is 7.52. The predicted molar refractivity (Wildman–Crippen MR) is 62.0 cm³/mol. The van der Waals surface area contributed by atoms with Crippen LogP contribution in [0.2, 0.25) is 0 Å². The molecule has 0 aliphatic carbocycles. The quantitative estimate of drug-likeness (QED) is 0.756. The summed E-state index contributed by atoms with van der Waals surface area (Å²) in [6, 6.07) is 3.93. The fourth-order valence-electron chi connectivity index (χ4n) is 1.61. The highest BCUT2D eigenvalue weighted by atomic mass is 16.3. The molecule has 2 aromatic heterocycles. The molecule has 0 spiro atoms. The molecule has 0 aliphatic heterocycles. The molecule has 4 nitrogen and oxygen atoms in total. The van der Waals surface area contributed by atoms with Crippen molar-refractivity contribution >= 4 is 0 Å². The van der Waals surface area contributed by atoms with Crippen LogP contribution in [0.15, 0.2) is 35.2 Å². The number of hydrogen-bond donors (Lipinski definition) is 1. The van der Waals surface area contributed by atoms with Gasteiger partial charge in [0.05, 0.1) is 19.4 Å². The van der Waals surface area contributed by atoms with E-state index >= 15 is 0 Å². The van der Waals surface area contributed by atoms with E-state index in [0.717, 1.165) is 31.8 Å². The maximum absolute atomic E-state index is 5.46. The third-order valence-corrected chi connectivity index (χ3v) is 2.44. The Morgan fingerprint density at radius 1 is 1.50 bits per heavy atom. The lowest BCUT2D eigenvalue weighted by atomic mass is 10.2. The van der Waals surface area contributed by atoms with E-state index < -0.39 is 0 Å². The summed E-state index contributed by atoms with van der Waals surface area (Å²) < 4.78 is 7.35. The molecule has 2 heterocycles. The SMILES string of the molecule is CCCNCc1occc1Cn1cccn1. The van der Waals surface area contributed by atoms with Crippen molar-refractivity contribution in [1.82, 2.24) is 15.1 Å². The Hall–Kier alpha value is -1.55. The fourth-order valence-corrected chi connectivity index (χ4v) is 1.61. The average Bonchev–Trinajstić information content (AvgIpc) is 2.92. The number of hydrogen-bond acceptors (Lipinski definition) is 3. The molecule has 0 amide bonds. The summed E-state index contributed by atoms with van der Waals surface area (Å²) >= 11 is 0. The second-order valence-electron chi connectivity index (χ2n) is 3.75. The Bertz CT molecular complexity index is 406. The van der Waals surface area contributed by atoms with Gasteiger partial charge >= 0.3 is 0 Å². The van der Waals surface area contributed by atoms with Gasteiger partial charge < -0.3 is 9.73 Å². The molecule has 0 bridgehead atoms. The molecule has 0 atom stereocenters. The zero-order valence-corrected chi connectivity index (χ0v) is 9.52. The summed E-state index contributed by atoms with van der Waals surface area (Å²) in [4.78, 5) is 0. The van der Waals surface area contributed by atoms with E-state index in [1.165, 1.54) is 5.56 Å². The molecule has 0 radical (unpaired) electrons. The second-order valence-corrected chi connectivity index (χ2v) is 3.75. The van der Waals surface area contributed by atoms with Crippen LogP contribution in [0.25, 0.3) is 0 Å². The molecule has 0 saturated heterocycles. The van der Waals surface area contributed by atoms with E-state index in [1.54, 1.807) is 12.5 Å². The van der Waals surface area contributed by atoms with Crippen LogP contribution in [0.3, 0.4) is 0 Å². The largest absolute Gasteiger partial charge is 0.468 e. The molecule has 0 unspecified atom stereocenters. The smallest absolute Gasteiger partial charge is 0.122 e. The van der Waals surface area contributed by atoms with Crippen LogP contribution >= 0.6 is 0 Å². The van der Waals surface area contributed by atoms with Gasteiger partial charge in [0.1, 0.15) is 5.76 Å². The van der Waals surface area contributed by atoms with Gasteiger partial charge in [0.2, 0.25) is 0 Å². The van der Waals surface area contributed by atoms with Gasteiger partial charge in [-0.15, -0.1) is 0 Å². The van der Waals surface area contributed by atoms with E-state index in [2.05, 4.69) is 17.3 Å². The highest BCUT2D eigenvalue weighted by molar-refractivity contribution is 5.17. The maximum Gasteiger partial charge on any atom is 0.122 e. The first-order chi connectivity index (χ1) is 7.90. The van der Waals surface area contributed by atoms with Crippen LogP contribution in [0.1, 0.15) is 24.7 Å². The van der Waals surface area contributed by atoms with E-state index in [1.807, 2.05) is 23.0 Å². The lowest BCUT2D eigenvalue weighted by Crippen LogP contribution is -2.15. The van der Waals surface area contributed by atoms with Crippen molar-refractivity contribution < 1.29 is 4.42 Å². The summed E-state index contributed by atoms with van der Waals surface area (Å²) in [6.45, 7) is 4.73. The van der Waals surface area contributed by atoms with Crippen molar-refractivity contribution in [2.45, 2.75) is 26.4 Å². The first-order valence-corrected chi connectivity index (χ1v) is 5.63. The number of furan rings is 1. The molecule has 1 N–H and O–H groups in total. The van der Waals surface area contributed by atoms with Crippen LogP contribution in [0.5, 0.6) is 0 Å². The van der Waals surface area contributed by atoms with Crippen molar-refractivity contribution in [3.8, 4) is 0 Å². The first-order valence-electron chi connectivity index (χ1n) is 5.63. The predicted octanol–water partition coefficient (Wildman–Crippen LogP) is 2.02. The molecule has 16 heavy (non-hydrogen) atoms. The minimum Gasteiger partial charge on any atom is -0.468 e. The number of nitrogens with one attached hydrogen (secondary N) is 1. The molecular formula is C12H17N3O. The van der Waals surface area contributed by atoms with E-state index in [-0.39, 0.29) is 0 Å². The second kappa shape index (κ2) is 5.51. The molecule has 2 aromatic rings. The van der Waals surface area contributed by atoms with Crippen molar-refractivity contribution in [2.75, 3.05) is 6.54 Å². The summed E-state index contributed by atoms with van der Waals surface area (Å²) in [7, 11) is 0. The lowest BCUT2D eigenvalue weighted by Gasteiger charge is -2.04. The highest BCUT2D eigenvalue weighted by Crippen LogP contribution is 2.11. The van der Waals surface area contributed by atoms with Gasteiger partial charge in [0.25, 0.3) is 0 Å². The van der Waals surface area contributed by atoms with E-state index in [9.17, 15) is 0 Å². The summed E-state index contributed by atoms with van der Waals surface area (Å²) in [5.41, 5.74) is 1.19. The van der Waals surface area contributed by atoms with Crippen molar-refractivity contribution in [3.05, 3.63) is 42.1 Å². The standard InChI is InChI=1S/C12H17N3O/c1-2-5-13-9-12-11(4-8-16-12)10-15-7-3-6-14-15/h3-4,6-8,13H,2,5,9-10H2,1H3. The molecule has 0 fully saturated rings. The Labute approximate surface area is 95.3 Å². The van der Waals surface area contributed by atoms with Crippen molar-refractivity contribution in [3.63, 3.8) is 0 Å². The maximum atomic E-state index is 5.46. The Balaban J connectivity index is 1.96. The zero-order valence-electron chi connectivity index (χ0n) is 9.52. The Kier molecular flexibility index (Phi) is 3.77. The zero-order chi connectivity index (χ0) is 11.2.